The summed E-state index contributed by atoms with van der Waals surface area (Å²) in [5, 5.41) is 0.772. The zero-order valence-corrected chi connectivity index (χ0v) is 13.4. The average molecular weight is 283 g/mol. The molecule has 0 saturated heterocycles. The van der Waals surface area contributed by atoms with Gasteiger partial charge in [0.2, 0.25) is 0 Å². The Morgan fingerprint density at radius 2 is 1.63 bits per heavy atom. The molecule has 0 spiro atoms. The highest BCUT2D eigenvalue weighted by molar-refractivity contribution is 6.31. The Morgan fingerprint density at radius 3 is 2.05 bits per heavy atom. The van der Waals surface area contributed by atoms with E-state index >= 15 is 0 Å². The first-order chi connectivity index (χ1) is 9.07. The maximum atomic E-state index is 6.62. The molecule has 1 aromatic rings. The number of halogens is 1. The predicted octanol–water partition coefficient (Wildman–Crippen LogP) is 4.24. The third-order valence-electron chi connectivity index (χ3n) is 4.44. The van der Waals surface area contributed by atoms with Crippen LogP contribution in [0.25, 0.3) is 0 Å². The Morgan fingerprint density at radius 1 is 1.11 bits per heavy atom. The highest BCUT2D eigenvalue weighted by Gasteiger charge is 2.39. The lowest BCUT2D eigenvalue weighted by Gasteiger charge is -2.47. The summed E-state index contributed by atoms with van der Waals surface area (Å²) >= 11 is 6.33. The van der Waals surface area contributed by atoms with Crippen LogP contribution in [0.15, 0.2) is 24.3 Å². The molecule has 0 aliphatic rings. The highest BCUT2D eigenvalue weighted by Crippen LogP contribution is 2.38. The lowest BCUT2D eigenvalue weighted by atomic mass is 9.79. The van der Waals surface area contributed by atoms with Crippen molar-refractivity contribution in [2.45, 2.75) is 52.1 Å². The van der Waals surface area contributed by atoms with Crippen molar-refractivity contribution in [1.29, 1.82) is 0 Å². The Balaban J connectivity index is 3.22. The Hall–Kier alpha value is -0.570. The van der Waals surface area contributed by atoms with E-state index in [1.54, 1.807) is 0 Å². The van der Waals surface area contributed by atoms with Crippen molar-refractivity contribution in [3.8, 4) is 0 Å². The summed E-state index contributed by atoms with van der Waals surface area (Å²) in [4.78, 5) is 2.47. The summed E-state index contributed by atoms with van der Waals surface area (Å²) in [6.07, 6.45) is 2.05. The summed E-state index contributed by atoms with van der Waals surface area (Å²) in [5.41, 5.74) is 7.66. The van der Waals surface area contributed by atoms with Crippen LogP contribution in [0.2, 0.25) is 5.02 Å². The van der Waals surface area contributed by atoms with Gasteiger partial charge in [-0.25, -0.2) is 0 Å². The van der Waals surface area contributed by atoms with Gasteiger partial charge in [0.25, 0.3) is 0 Å². The van der Waals surface area contributed by atoms with Gasteiger partial charge in [-0.05, 0) is 37.6 Å². The van der Waals surface area contributed by atoms with Gasteiger partial charge in [0.1, 0.15) is 0 Å². The molecule has 0 bridgehead atoms. The lowest BCUT2D eigenvalue weighted by molar-refractivity contribution is 0.0625. The summed E-state index contributed by atoms with van der Waals surface area (Å²) in [6, 6.07) is 7.89. The zero-order chi connectivity index (χ0) is 14.5. The van der Waals surface area contributed by atoms with E-state index in [1.165, 1.54) is 0 Å². The largest absolute Gasteiger partial charge is 0.322 e. The number of nitrogens with zero attached hydrogens (tertiary/aromatic N) is 1. The molecule has 1 aromatic carbocycles. The minimum Gasteiger partial charge on any atom is -0.322 e. The predicted molar refractivity (Wildman–Crippen MR) is 84.6 cm³/mol. The lowest BCUT2D eigenvalue weighted by Crippen LogP contribution is -2.54. The van der Waals surface area contributed by atoms with Gasteiger partial charge in [-0.3, -0.25) is 4.90 Å². The molecule has 2 N–H and O–H groups in total. The van der Waals surface area contributed by atoms with E-state index in [4.69, 9.17) is 17.3 Å². The maximum Gasteiger partial charge on any atom is 0.0496 e. The van der Waals surface area contributed by atoms with Crippen LogP contribution in [-0.2, 0) is 0 Å². The first-order valence-electron chi connectivity index (χ1n) is 7.32. The molecule has 0 saturated carbocycles. The molecule has 2 nitrogen and oxygen atoms in total. The molecule has 1 rings (SSSR count). The summed E-state index contributed by atoms with van der Waals surface area (Å²) in [6.45, 7) is 10.9. The highest BCUT2D eigenvalue weighted by atomic mass is 35.5. The van der Waals surface area contributed by atoms with Crippen LogP contribution in [0.5, 0.6) is 0 Å². The quantitative estimate of drug-likeness (QED) is 0.810. The van der Waals surface area contributed by atoms with Gasteiger partial charge >= 0.3 is 0 Å². The summed E-state index contributed by atoms with van der Waals surface area (Å²) in [7, 11) is 0. The summed E-state index contributed by atoms with van der Waals surface area (Å²) < 4.78 is 0. The van der Waals surface area contributed by atoms with Crippen molar-refractivity contribution in [1.82, 2.24) is 4.90 Å². The molecule has 0 heterocycles. The molecular weight excluding hydrogens is 256 g/mol. The molecule has 1 atom stereocenters. The molecule has 0 radical (unpaired) electrons. The standard InChI is InChI=1S/C16H27ClN2/c1-5-16(6-2,19(7-3)8-4)15(18)13-11-9-10-12-14(13)17/h9-12,15H,5-8,18H2,1-4H3. The van der Waals surface area contributed by atoms with E-state index in [1.807, 2.05) is 18.2 Å². The molecule has 1 unspecified atom stereocenters. The van der Waals surface area contributed by atoms with Crippen LogP contribution in [0, 0.1) is 0 Å². The van der Waals surface area contributed by atoms with Crippen LogP contribution in [-0.4, -0.2) is 23.5 Å². The van der Waals surface area contributed by atoms with E-state index in [-0.39, 0.29) is 11.6 Å². The minimum absolute atomic E-state index is 0.0194. The number of likely N-dealkylation sites (N-methyl/N-ethyl adjacent to an activating group) is 1. The molecule has 108 valence electrons. The Bertz CT molecular complexity index is 384. The van der Waals surface area contributed by atoms with Crippen molar-refractivity contribution >= 4 is 11.6 Å². The zero-order valence-electron chi connectivity index (χ0n) is 12.6. The number of nitrogens with two attached hydrogens (primary N) is 1. The van der Waals surface area contributed by atoms with Crippen molar-refractivity contribution in [2.75, 3.05) is 13.1 Å². The maximum absolute atomic E-state index is 6.62. The second-order valence-electron chi connectivity index (χ2n) is 4.98. The van der Waals surface area contributed by atoms with Crippen LogP contribution in [0.4, 0.5) is 0 Å². The van der Waals surface area contributed by atoms with Gasteiger partial charge in [-0.2, -0.15) is 0 Å². The van der Waals surface area contributed by atoms with Gasteiger partial charge in [0.05, 0.1) is 0 Å². The summed E-state index contributed by atoms with van der Waals surface area (Å²) in [5.74, 6) is 0. The van der Waals surface area contributed by atoms with Crippen molar-refractivity contribution in [3.05, 3.63) is 34.9 Å². The SMILES string of the molecule is CCN(CC)C(CC)(CC)C(N)c1ccccc1Cl. The van der Waals surface area contributed by atoms with Gasteiger partial charge < -0.3 is 5.73 Å². The molecule has 0 aliphatic carbocycles. The number of hydrogen-bond donors (Lipinski definition) is 1. The fourth-order valence-electron chi connectivity index (χ4n) is 3.20. The van der Waals surface area contributed by atoms with Crippen LogP contribution >= 0.6 is 11.6 Å². The molecule has 0 amide bonds. The molecule has 19 heavy (non-hydrogen) atoms. The second kappa shape index (κ2) is 7.28. The molecule has 3 heteroatoms. The molecule has 0 aromatic heterocycles. The van der Waals surface area contributed by atoms with E-state index in [9.17, 15) is 0 Å². The van der Waals surface area contributed by atoms with Crippen molar-refractivity contribution < 1.29 is 0 Å². The van der Waals surface area contributed by atoms with Crippen molar-refractivity contribution in [2.24, 2.45) is 5.73 Å². The Labute approximate surface area is 122 Å². The number of rotatable bonds is 7. The molecular formula is C16H27ClN2. The van der Waals surface area contributed by atoms with Gasteiger partial charge in [0, 0.05) is 16.6 Å². The average Bonchev–Trinajstić information content (AvgIpc) is 2.44. The third kappa shape index (κ3) is 3.13. The van der Waals surface area contributed by atoms with E-state index in [0.29, 0.717) is 0 Å². The number of hydrogen-bond acceptors (Lipinski definition) is 2. The van der Waals surface area contributed by atoms with E-state index < -0.39 is 0 Å². The number of benzene rings is 1. The fraction of sp³-hybridized carbons (Fsp3) is 0.625. The first kappa shape index (κ1) is 16.5. The van der Waals surface area contributed by atoms with Gasteiger partial charge in [-0.1, -0.05) is 57.5 Å². The topological polar surface area (TPSA) is 29.3 Å². The Kier molecular flexibility index (Phi) is 6.31. The van der Waals surface area contributed by atoms with Gasteiger partial charge in [-0.15, -0.1) is 0 Å². The normalized spacial score (nSPS) is 13.8. The van der Waals surface area contributed by atoms with Crippen LogP contribution in [0.1, 0.15) is 52.1 Å². The molecule has 0 fully saturated rings. The van der Waals surface area contributed by atoms with Gasteiger partial charge in [0.15, 0.2) is 0 Å². The van der Waals surface area contributed by atoms with Crippen LogP contribution < -0.4 is 5.73 Å². The van der Waals surface area contributed by atoms with E-state index in [2.05, 4.69) is 38.7 Å². The third-order valence-corrected chi connectivity index (χ3v) is 4.78. The second-order valence-corrected chi connectivity index (χ2v) is 5.39. The van der Waals surface area contributed by atoms with Crippen molar-refractivity contribution in [3.63, 3.8) is 0 Å². The fourth-order valence-corrected chi connectivity index (χ4v) is 3.46. The van der Waals surface area contributed by atoms with Crippen LogP contribution in [0.3, 0.4) is 0 Å². The first-order valence-corrected chi connectivity index (χ1v) is 7.70. The molecule has 0 aliphatic heterocycles. The monoisotopic (exact) mass is 282 g/mol. The van der Waals surface area contributed by atoms with E-state index in [0.717, 1.165) is 36.5 Å². The smallest absolute Gasteiger partial charge is 0.0496 e. The minimum atomic E-state index is -0.0592.